The van der Waals surface area contributed by atoms with Crippen LogP contribution >= 0.6 is 0 Å². The van der Waals surface area contributed by atoms with Crippen LogP contribution in [0, 0.1) is 10.1 Å². The van der Waals surface area contributed by atoms with Crippen molar-refractivity contribution in [2.75, 3.05) is 17.2 Å². The maximum Gasteiger partial charge on any atom is 0.310 e. The molecule has 0 saturated carbocycles. The van der Waals surface area contributed by atoms with Gasteiger partial charge < -0.3 is 15.4 Å². The summed E-state index contributed by atoms with van der Waals surface area (Å²) in [5, 5.41) is 16.4. The van der Waals surface area contributed by atoms with Crippen molar-refractivity contribution in [3.63, 3.8) is 0 Å². The Morgan fingerprint density at radius 2 is 1.52 bits per heavy atom. The van der Waals surface area contributed by atoms with Crippen LogP contribution in [0.2, 0.25) is 0 Å². The molecule has 0 aliphatic rings. The van der Waals surface area contributed by atoms with E-state index in [-0.39, 0.29) is 17.3 Å². The number of para-hydroxylation sites is 2. The van der Waals surface area contributed by atoms with Gasteiger partial charge in [-0.2, -0.15) is 0 Å². The third kappa shape index (κ3) is 5.39. The van der Waals surface area contributed by atoms with Crippen LogP contribution in [0.25, 0.3) is 0 Å². The van der Waals surface area contributed by atoms with Crippen molar-refractivity contribution >= 4 is 28.9 Å². The molecule has 0 aliphatic heterocycles. The number of nitro benzene ring substituents is 1. The number of ether oxygens (including phenoxy) is 1. The number of nitrogens with one attached hydrogen (secondary N) is 2. The second-order valence-electron chi connectivity index (χ2n) is 5.96. The van der Waals surface area contributed by atoms with Crippen LogP contribution in [-0.4, -0.2) is 23.3 Å². The predicted molar refractivity (Wildman–Crippen MR) is 108 cm³/mol. The molecular formula is C21H17N3O5. The molecule has 8 nitrogen and oxygen atoms in total. The second-order valence-corrected chi connectivity index (χ2v) is 5.96. The molecule has 0 bridgehead atoms. The van der Waals surface area contributed by atoms with Gasteiger partial charge in [-0.15, -0.1) is 0 Å². The van der Waals surface area contributed by atoms with Gasteiger partial charge in [0.05, 0.1) is 4.92 Å². The van der Waals surface area contributed by atoms with Crippen LogP contribution in [0.1, 0.15) is 10.4 Å². The van der Waals surface area contributed by atoms with Gasteiger partial charge >= 0.3 is 5.69 Å². The van der Waals surface area contributed by atoms with E-state index >= 15 is 0 Å². The van der Waals surface area contributed by atoms with Gasteiger partial charge in [-0.3, -0.25) is 19.7 Å². The molecule has 0 saturated heterocycles. The van der Waals surface area contributed by atoms with Crippen LogP contribution in [-0.2, 0) is 4.79 Å². The molecule has 0 fully saturated rings. The van der Waals surface area contributed by atoms with E-state index in [4.69, 9.17) is 4.74 Å². The first-order valence-electron chi connectivity index (χ1n) is 8.65. The van der Waals surface area contributed by atoms with Gasteiger partial charge in [0, 0.05) is 23.0 Å². The highest BCUT2D eigenvalue weighted by atomic mass is 16.6. The van der Waals surface area contributed by atoms with E-state index < -0.39 is 17.4 Å². The Morgan fingerprint density at radius 3 is 2.24 bits per heavy atom. The lowest BCUT2D eigenvalue weighted by Gasteiger charge is -2.10. The summed E-state index contributed by atoms with van der Waals surface area (Å²) in [5.74, 6) is -0.750. The molecule has 3 rings (SSSR count). The van der Waals surface area contributed by atoms with E-state index in [1.807, 2.05) is 6.07 Å². The van der Waals surface area contributed by atoms with Crippen molar-refractivity contribution in [2.24, 2.45) is 0 Å². The summed E-state index contributed by atoms with van der Waals surface area (Å²) in [6, 6.07) is 21.2. The van der Waals surface area contributed by atoms with Crippen molar-refractivity contribution in [1.82, 2.24) is 0 Å². The summed E-state index contributed by atoms with van der Waals surface area (Å²) in [6.45, 7) is -0.397. The molecule has 3 aromatic rings. The quantitative estimate of drug-likeness (QED) is 0.469. The van der Waals surface area contributed by atoms with Crippen molar-refractivity contribution < 1.29 is 19.2 Å². The summed E-state index contributed by atoms with van der Waals surface area (Å²) in [4.78, 5) is 34.7. The van der Waals surface area contributed by atoms with E-state index in [0.29, 0.717) is 16.9 Å². The van der Waals surface area contributed by atoms with Gasteiger partial charge in [0.2, 0.25) is 0 Å². The zero-order chi connectivity index (χ0) is 20.6. The van der Waals surface area contributed by atoms with E-state index in [1.54, 1.807) is 54.6 Å². The van der Waals surface area contributed by atoms with Crippen LogP contribution in [0.5, 0.6) is 5.75 Å². The Bertz CT molecular complexity index is 1040. The Labute approximate surface area is 166 Å². The number of nitro groups is 1. The Balaban J connectivity index is 1.59. The minimum atomic E-state index is -0.577. The molecule has 0 atom stereocenters. The lowest BCUT2D eigenvalue weighted by atomic mass is 10.2. The average Bonchev–Trinajstić information content (AvgIpc) is 2.73. The molecule has 8 heteroatoms. The van der Waals surface area contributed by atoms with Gasteiger partial charge in [0.15, 0.2) is 12.4 Å². The standard InChI is InChI=1S/C21H17N3O5/c25-20(14-29-19-12-5-4-11-18(19)24(27)28)22-16-9-6-10-17(13-16)23-21(26)15-7-2-1-3-8-15/h1-13H,14H2,(H,22,25)(H,23,26). The van der Waals surface area contributed by atoms with Crippen molar-refractivity contribution in [3.05, 3.63) is 94.5 Å². The monoisotopic (exact) mass is 391 g/mol. The molecule has 29 heavy (non-hydrogen) atoms. The van der Waals surface area contributed by atoms with E-state index in [2.05, 4.69) is 10.6 Å². The Kier molecular flexibility index (Phi) is 6.16. The van der Waals surface area contributed by atoms with Gasteiger partial charge in [0.25, 0.3) is 11.8 Å². The third-order valence-electron chi connectivity index (χ3n) is 3.86. The Morgan fingerprint density at radius 1 is 0.862 bits per heavy atom. The van der Waals surface area contributed by atoms with Crippen LogP contribution in [0.4, 0.5) is 17.1 Å². The topological polar surface area (TPSA) is 111 Å². The third-order valence-corrected chi connectivity index (χ3v) is 3.86. The zero-order valence-corrected chi connectivity index (χ0v) is 15.2. The number of carbonyl (C=O) groups excluding carboxylic acids is 2. The first-order chi connectivity index (χ1) is 14.0. The maximum atomic E-state index is 12.2. The number of rotatable bonds is 7. The number of benzene rings is 3. The SMILES string of the molecule is O=C(COc1ccccc1[N+](=O)[O-])Nc1cccc(NC(=O)c2ccccc2)c1. The number of hydrogen-bond acceptors (Lipinski definition) is 5. The van der Waals surface area contributed by atoms with Gasteiger partial charge in [-0.05, 0) is 36.4 Å². The van der Waals surface area contributed by atoms with Crippen LogP contribution in [0.15, 0.2) is 78.9 Å². The molecule has 3 aromatic carbocycles. The van der Waals surface area contributed by atoms with E-state index in [0.717, 1.165) is 0 Å². The minimum Gasteiger partial charge on any atom is -0.477 e. The van der Waals surface area contributed by atoms with Crippen molar-refractivity contribution in [2.45, 2.75) is 0 Å². The summed E-state index contributed by atoms with van der Waals surface area (Å²) in [6.07, 6.45) is 0. The molecule has 146 valence electrons. The normalized spacial score (nSPS) is 10.1. The molecule has 0 spiro atoms. The number of anilines is 2. The van der Waals surface area contributed by atoms with E-state index in [9.17, 15) is 19.7 Å². The van der Waals surface area contributed by atoms with Crippen molar-refractivity contribution in [1.29, 1.82) is 0 Å². The number of carbonyl (C=O) groups is 2. The summed E-state index contributed by atoms with van der Waals surface area (Å²) >= 11 is 0. The Hall–Kier alpha value is -4.20. The maximum absolute atomic E-state index is 12.2. The fourth-order valence-corrected chi connectivity index (χ4v) is 2.54. The van der Waals surface area contributed by atoms with Gasteiger partial charge in [-0.1, -0.05) is 36.4 Å². The molecule has 0 heterocycles. The summed E-state index contributed by atoms with van der Waals surface area (Å²) in [7, 11) is 0. The largest absolute Gasteiger partial charge is 0.477 e. The van der Waals surface area contributed by atoms with E-state index in [1.165, 1.54) is 18.2 Å². The number of hydrogen-bond donors (Lipinski definition) is 2. The fraction of sp³-hybridized carbons (Fsp3) is 0.0476. The highest BCUT2D eigenvalue weighted by Gasteiger charge is 2.15. The molecule has 2 amide bonds. The first kappa shape index (κ1) is 19.6. The lowest BCUT2D eigenvalue weighted by molar-refractivity contribution is -0.385. The fourth-order valence-electron chi connectivity index (χ4n) is 2.54. The molecule has 0 radical (unpaired) electrons. The highest BCUT2D eigenvalue weighted by molar-refractivity contribution is 6.04. The second kappa shape index (κ2) is 9.14. The van der Waals surface area contributed by atoms with Crippen LogP contribution in [0.3, 0.4) is 0 Å². The molecule has 0 unspecified atom stereocenters. The first-order valence-corrected chi connectivity index (χ1v) is 8.65. The van der Waals surface area contributed by atoms with Crippen LogP contribution < -0.4 is 15.4 Å². The molecule has 0 aromatic heterocycles. The van der Waals surface area contributed by atoms with Gasteiger partial charge in [0.1, 0.15) is 0 Å². The number of nitrogens with zero attached hydrogens (tertiary/aromatic N) is 1. The lowest BCUT2D eigenvalue weighted by Crippen LogP contribution is -2.20. The average molecular weight is 391 g/mol. The predicted octanol–water partition coefficient (Wildman–Crippen LogP) is 3.86. The highest BCUT2D eigenvalue weighted by Crippen LogP contribution is 2.25. The van der Waals surface area contributed by atoms with Crippen molar-refractivity contribution in [3.8, 4) is 5.75 Å². The minimum absolute atomic E-state index is 0.0107. The smallest absolute Gasteiger partial charge is 0.310 e. The molecular weight excluding hydrogens is 374 g/mol. The zero-order valence-electron chi connectivity index (χ0n) is 15.2. The molecule has 0 aliphatic carbocycles. The number of amides is 2. The molecule has 2 N–H and O–H groups in total. The summed E-state index contributed by atoms with van der Waals surface area (Å²) in [5.41, 5.74) is 1.26. The summed E-state index contributed by atoms with van der Waals surface area (Å²) < 4.78 is 5.26. The van der Waals surface area contributed by atoms with Gasteiger partial charge in [-0.25, -0.2) is 0 Å².